The Hall–Kier alpha value is -0.240. The summed E-state index contributed by atoms with van der Waals surface area (Å²) in [7, 11) is 0. The van der Waals surface area contributed by atoms with Crippen LogP contribution in [-0.4, -0.2) is 12.3 Å². The Morgan fingerprint density at radius 2 is 2.09 bits per heavy atom. The van der Waals surface area contributed by atoms with Crippen LogP contribution in [0.5, 0.6) is 0 Å². The first kappa shape index (κ1) is 10.8. The van der Waals surface area contributed by atoms with Crippen molar-refractivity contribution in [2.24, 2.45) is 5.16 Å². The van der Waals surface area contributed by atoms with Gasteiger partial charge in [-0.2, -0.15) is 0 Å². The normalized spacial score (nSPS) is 17.0. The summed E-state index contributed by atoms with van der Waals surface area (Å²) in [6.45, 7) is 2.65. The number of hydrogen-bond donors (Lipinski definition) is 0. The zero-order valence-corrected chi connectivity index (χ0v) is 7.69. The molecule has 0 aliphatic heterocycles. The zero-order valence-electron chi connectivity index (χ0n) is 6.88. The molecule has 0 bridgehead atoms. The number of halogens is 1. The third kappa shape index (κ3) is 4.25. The molecule has 0 heterocycles. The van der Waals surface area contributed by atoms with Gasteiger partial charge in [0.25, 0.3) is 0 Å². The van der Waals surface area contributed by atoms with Crippen LogP contribution in [0.25, 0.3) is 0 Å². The molecular weight excluding hydrogens is 162 g/mol. The SMILES string of the molecule is CCON=C1CC[CH]CC1.Cl. The first-order valence-electron chi connectivity index (χ1n) is 3.93. The lowest BCUT2D eigenvalue weighted by atomic mass is 9.99. The van der Waals surface area contributed by atoms with Crippen molar-refractivity contribution in [1.82, 2.24) is 0 Å². The lowest BCUT2D eigenvalue weighted by Gasteiger charge is -2.10. The maximum Gasteiger partial charge on any atom is 0.114 e. The molecule has 3 heteroatoms. The van der Waals surface area contributed by atoms with E-state index >= 15 is 0 Å². The molecule has 1 aliphatic rings. The Labute approximate surface area is 74.4 Å². The summed E-state index contributed by atoms with van der Waals surface area (Å²) in [6.07, 6.45) is 6.85. The lowest BCUT2D eigenvalue weighted by molar-refractivity contribution is 0.157. The third-order valence-corrected chi connectivity index (χ3v) is 1.60. The average Bonchev–Trinajstić information content (AvgIpc) is 2.03. The molecule has 0 aromatic carbocycles. The fraction of sp³-hybridized carbons (Fsp3) is 0.750. The van der Waals surface area contributed by atoms with Gasteiger partial charge in [-0.25, -0.2) is 0 Å². The van der Waals surface area contributed by atoms with E-state index in [9.17, 15) is 0 Å². The minimum Gasteiger partial charge on any atom is -0.396 e. The van der Waals surface area contributed by atoms with Crippen molar-refractivity contribution in [2.45, 2.75) is 32.6 Å². The summed E-state index contributed by atoms with van der Waals surface area (Å²) in [6, 6.07) is 0. The van der Waals surface area contributed by atoms with Gasteiger partial charge in [0.05, 0.1) is 5.71 Å². The molecule has 1 rings (SSSR count). The lowest BCUT2D eigenvalue weighted by Crippen LogP contribution is -2.05. The maximum absolute atomic E-state index is 4.95. The minimum atomic E-state index is 0. The third-order valence-electron chi connectivity index (χ3n) is 1.60. The first-order chi connectivity index (χ1) is 4.93. The van der Waals surface area contributed by atoms with Gasteiger partial charge in [0.2, 0.25) is 0 Å². The van der Waals surface area contributed by atoms with Crippen molar-refractivity contribution in [3.05, 3.63) is 6.42 Å². The highest BCUT2D eigenvalue weighted by molar-refractivity contribution is 5.85. The predicted molar refractivity (Wildman–Crippen MR) is 49.1 cm³/mol. The van der Waals surface area contributed by atoms with Gasteiger partial charge in [0.1, 0.15) is 6.61 Å². The molecule has 1 aliphatic carbocycles. The van der Waals surface area contributed by atoms with Gasteiger partial charge in [0, 0.05) is 0 Å². The van der Waals surface area contributed by atoms with Gasteiger partial charge in [-0.3, -0.25) is 0 Å². The van der Waals surface area contributed by atoms with Crippen molar-refractivity contribution >= 4 is 18.1 Å². The molecule has 0 saturated heterocycles. The highest BCUT2D eigenvalue weighted by atomic mass is 35.5. The Balaban J connectivity index is 0.000001000. The van der Waals surface area contributed by atoms with E-state index < -0.39 is 0 Å². The van der Waals surface area contributed by atoms with Gasteiger partial charge in [0.15, 0.2) is 0 Å². The van der Waals surface area contributed by atoms with Gasteiger partial charge < -0.3 is 4.84 Å². The van der Waals surface area contributed by atoms with Crippen LogP contribution in [0, 0.1) is 6.42 Å². The van der Waals surface area contributed by atoms with E-state index in [1.165, 1.54) is 18.6 Å². The fourth-order valence-corrected chi connectivity index (χ4v) is 1.05. The molecule has 0 unspecified atom stereocenters. The van der Waals surface area contributed by atoms with Crippen LogP contribution in [0.3, 0.4) is 0 Å². The molecule has 65 valence electrons. The van der Waals surface area contributed by atoms with Gasteiger partial charge in [-0.05, 0) is 39.0 Å². The highest BCUT2D eigenvalue weighted by Crippen LogP contribution is 2.13. The summed E-state index contributed by atoms with van der Waals surface area (Å²) < 4.78 is 0. The Kier molecular flexibility index (Phi) is 6.33. The second-order valence-electron chi connectivity index (χ2n) is 2.44. The van der Waals surface area contributed by atoms with Crippen LogP contribution in [0.2, 0.25) is 0 Å². The maximum atomic E-state index is 4.95. The average molecular weight is 177 g/mol. The number of nitrogens with zero attached hydrogens (tertiary/aromatic N) is 1. The number of oxime groups is 1. The standard InChI is InChI=1S/C8H14NO.ClH/c1-2-10-9-8-6-4-3-5-7-8;/h3H,2,4-7H2,1H3;1H. The summed E-state index contributed by atoms with van der Waals surface area (Å²) in [5.74, 6) is 0. The minimum absolute atomic E-state index is 0. The summed E-state index contributed by atoms with van der Waals surface area (Å²) >= 11 is 0. The van der Waals surface area contributed by atoms with Crippen LogP contribution < -0.4 is 0 Å². The molecule has 1 fully saturated rings. The summed E-state index contributed by atoms with van der Waals surface area (Å²) in [4.78, 5) is 4.95. The van der Waals surface area contributed by atoms with E-state index in [0.717, 1.165) is 12.8 Å². The monoisotopic (exact) mass is 176 g/mol. The van der Waals surface area contributed by atoms with Crippen LogP contribution >= 0.6 is 12.4 Å². The molecule has 0 aromatic heterocycles. The van der Waals surface area contributed by atoms with Crippen molar-refractivity contribution in [3.8, 4) is 0 Å². The van der Waals surface area contributed by atoms with Crippen LogP contribution in [-0.2, 0) is 4.84 Å². The smallest absolute Gasteiger partial charge is 0.114 e. The zero-order chi connectivity index (χ0) is 7.23. The topological polar surface area (TPSA) is 21.6 Å². The molecular formula is C8H15ClNO. The molecule has 1 radical (unpaired) electrons. The molecule has 0 amide bonds. The van der Waals surface area contributed by atoms with Crippen LogP contribution in [0.15, 0.2) is 5.16 Å². The molecule has 2 nitrogen and oxygen atoms in total. The molecule has 1 saturated carbocycles. The van der Waals surface area contributed by atoms with E-state index in [4.69, 9.17) is 4.84 Å². The van der Waals surface area contributed by atoms with E-state index in [2.05, 4.69) is 11.6 Å². The Bertz CT molecular complexity index is 117. The van der Waals surface area contributed by atoms with E-state index in [1.54, 1.807) is 0 Å². The highest BCUT2D eigenvalue weighted by Gasteiger charge is 2.06. The molecule has 0 aromatic rings. The summed E-state index contributed by atoms with van der Waals surface area (Å²) in [5.41, 5.74) is 1.23. The predicted octanol–water partition coefficient (Wildman–Crippen LogP) is 2.58. The molecule has 0 N–H and O–H groups in total. The Morgan fingerprint density at radius 1 is 1.45 bits per heavy atom. The second kappa shape index (κ2) is 6.47. The molecule has 0 spiro atoms. The Morgan fingerprint density at radius 3 is 2.64 bits per heavy atom. The van der Waals surface area contributed by atoms with E-state index in [1.807, 2.05) is 6.92 Å². The van der Waals surface area contributed by atoms with E-state index in [0.29, 0.717) is 6.61 Å². The molecule has 11 heavy (non-hydrogen) atoms. The quantitative estimate of drug-likeness (QED) is 0.593. The van der Waals surface area contributed by atoms with Gasteiger partial charge in [-0.1, -0.05) is 5.16 Å². The van der Waals surface area contributed by atoms with Crippen LogP contribution in [0.1, 0.15) is 32.6 Å². The van der Waals surface area contributed by atoms with Crippen molar-refractivity contribution in [1.29, 1.82) is 0 Å². The number of hydrogen-bond acceptors (Lipinski definition) is 2. The fourth-order valence-electron chi connectivity index (χ4n) is 1.05. The summed E-state index contributed by atoms with van der Waals surface area (Å²) in [5, 5.41) is 4.00. The van der Waals surface area contributed by atoms with Crippen molar-refractivity contribution in [3.63, 3.8) is 0 Å². The number of rotatable bonds is 2. The van der Waals surface area contributed by atoms with Gasteiger partial charge in [-0.15, -0.1) is 12.4 Å². The second-order valence-corrected chi connectivity index (χ2v) is 2.44. The molecule has 0 atom stereocenters. The largest absolute Gasteiger partial charge is 0.396 e. The van der Waals surface area contributed by atoms with Crippen LogP contribution in [0.4, 0.5) is 0 Å². The van der Waals surface area contributed by atoms with E-state index in [-0.39, 0.29) is 12.4 Å². The first-order valence-corrected chi connectivity index (χ1v) is 3.93. The van der Waals surface area contributed by atoms with Crippen molar-refractivity contribution < 1.29 is 4.84 Å². The van der Waals surface area contributed by atoms with Crippen molar-refractivity contribution in [2.75, 3.05) is 6.61 Å². The van der Waals surface area contributed by atoms with Gasteiger partial charge >= 0.3 is 0 Å².